The SMILES string of the molecule is FC(F)(F)c1ccc(-n2ncc3cc(Br)ccc32)cc1. The Morgan fingerprint density at radius 3 is 2.35 bits per heavy atom. The molecule has 0 spiro atoms. The highest BCUT2D eigenvalue weighted by atomic mass is 79.9. The number of fused-ring (bicyclic) bond motifs is 1. The van der Waals surface area contributed by atoms with E-state index in [0.717, 1.165) is 27.5 Å². The van der Waals surface area contributed by atoms with E-state index in [1.165, 1.54) is 12.1 Å². The predicted molar refractivity (Wildman–Crippen MR) is 73.8 cm³/mol. The van der Waals surface area contributed by atoms with Gasteiger partial charge in [-0.2, -0.15) is 18.3 Å². The fourth-order valence-electron chi connectivity index (χ4n) is 2.00. The zero-order valence-electron chi connectivity index (χ0n) is 10.0. The molecule has 0 unspecified atom stereocenters. The molecule has 0 bridgehead atoms. The molecule has 2 nitrogen and oxygen atoms in total. The van der Waals surface area contributed by atoms with Crippen molar-refractivity contribution in [2.45, 2.75) is 6.18 Å². The van der Waals surface area contributed by atoms with Crippen LogP contribution in [0, 0.1) is 0 Å². The van der Waals surface area contributed by atoms with Gasteiger partial charge in [0.2, 0.25) is 0 Å². The minimum atomic E-state index is -4.32. The fourth-order valence-corrected chi connectivity index (χ4v) is 2.38. The van der Waals surface area contributed by atoms with Crippen LogP contribution in [0.4, 0.5) is 13.2 Å². The van der Waals surface area contributed by atoms with E-state index in [4.69, 9.17) is 0 Å². The average molecular weight is 341 g/mol. The molecule has 0 aliphatic rings. The van der Waals surface area contributed by atoms with Crippen LogP contribution in [0.1, 0.15) is 5.56 Å². The molecule has 0 N–H and O–H groups in total. The summed E-state index contributed by atoms with van der Waals surface area (Å²) in [6, 6.07) is 10.6. The molecule has 0 radical (unpaired) electrons. The first kappa shape index (κ1) is 13.2. The lowest BCUT2D eigenvalue weighted by Crippen LogP contribution is -2.05. The molecule has 0 amide bonds. The van der Waals surface area contributed by atoms with Crippen LogP contribution in [0.5, 0.6) is 0 Å². The van der Waals surface area contributed by atoms with Crippen LogP contribution in [0.25, 0.3) is 16.6 Å². The van der Waals surface area contributed by atoms with Crippen molar-refractivity contribution in [1.82, 2.24) is 9.78 Å². The standard InChI is InChI=1S/C14H8BrF3N2/c15-11-3-6-13-9(7-11)8-19-20(13)12-4-1-10(2-5-12)14(16,17)18/h1-8H. The number of benzene rings is 2. The molecule has 102 valence electrons. The van der Waals surface area contributed by atoms with Crippen LogP contribution in [-0.4, -0.2) is 9.78 Å². The first-order valence-corrected chi connectivity index (χ1v) is 6.55. The molecule has 20 heavy (non-hydrogen) atoms. The number of halogens is 4. The zero-order valence-corrected chi connectivity index (χ0v) is 11.6. The van der Waals surface area contributed by atoms with E-state index in [1.54, 1.807) is 10.9 Å². The molecule has 3 rings (SSSR count). The van der Waals surface area contributed by atoms with E-state index in [0.29, 0.717) is 5.69 Å². The quantitative estimate of drug-likeness (QED) is 0.621. The Labute approximate surface area is 121 Å². The van der Waals surface area contributed by atoms with Crippen LogP contribution in [0.15, 0.2) is 53.1 Å². The third-order valence-electron chi connectivity index (χ3n) is 2.97. The van der Waals surface area contributed by atoms with Gasteiger partial charge in [-0.1, -0.05) is 15.9 Å². The lowest BCUT2D eigenvalue weighted by molar-refractivity contribution is -0.137. The van der Waals surface area contributed by atoms with E-state index in [-0.39, 0.29) is 0 Å². The number of hydrogen-bond donors (Lipinski definition) is 0. The van der Waals surface area contributed by atoms with Crippen molar-refractivity contribution >= 4 is 26.8 Å². The highest BCUT2D eigenvalue weighted by Gasteiger charge is 2.30. The number of nitrogens with zero attached hydrogens (tertiary/aromatic N) is 2. The van der Waals surface area contributed by atoms with Gasteiger partial charge in [-0.3, -0.25) is 0 Å². The summed E-state index contributed by atoms with van der Waals surface area (Å²) in [6.45, 7) is 0. The van der Waals surface area contributed by atoms with E-state index in [9.17, 15) is 13.2 Å². The van der Waals surface area contributed by atoms with Crippen molar-refractivity contribution in [1.29, 1.82) is 0 Å². The molecule has 6 heteroatoms. The zero-order chi connectivity index (χ0) is 14.3. The predicted octanol–water partition coefficient (Wildman–Crippen LogP) is 4.81. The van der Waals surface area contributed by atoms with Gasteiger partial charge in [0.15, 0.2) is 0 Å². The molecule has 0 fully saturated rings. The van der Waals surface area contributed by atoms with Crippen LogP contribution in [0.3, 0.4) is 0 Å². The fraction of sp³-hybridized carbons (Fsp3) is 0.0714. The van der Waals surface area contributed by atoms with Crippen LogP contribution in [0.2, 0.25) is 0 Å². The molecule has 1 aromatic heterocycles. The molecule has 0 saturated heterocycles. The Morgan fingerprint density at radius 2 is 1.70 bits per heavy atom. The third-order valence-corrected chi connectivity index (χ3v) is 3.46. The molecule has 2 aromatic carbocycles. The van der Waals surface area contributed by atoms with Gasteiger partial charge in [-0.15, -0.1) is 0 Å². The lowest BCUT2D eigenvalue weighted by atomic mass is 10.2. The molecule has 0 aliphatic heterocycles. The molecular formula is C14H8BrF3N2. The van der Waals surface area contributed by atoms with Crippen molar-refractivity contribution in [2.24, 2.45) is 0 Å². The maximum Gasteiger partial charge on any atom is 0.416 e. The molecular weight excluding hydrogens is 333 g/mol. The Bertz CT molecular complexity index is 760. The number of alkyl halides is 3. The largest absolute Gasteiger partial charge is 0.416 e. The second-order valence-electron chi connectivity index (χ2n) is 4.30. The molecule has 1 heterocycles. The summed E-state index contributed by atoms with van der Waals surface area (Å²) >= 11 is 3.37. The van der Waals surface area contributed by atoms with Gasteiger partial charge in [0.1, 0.15) is 0 Å². The molecule has 0 atom stereocenters. The summed E-state index contributed by atoms with van der Waals surface area (Å²) in [5.41, 5.74) is 0.767. The van der Waals surface area contributed by atoms with E-state index < -0.39 is 11.7 Å². The van der Waals surface area contributed by atoms with Gasteiger partial charge in [0, 0.05) is 9.86 Å². The topological polar surface area (TPSA) is 17.8 Å². The molecule has 0 aliphatic carbocycles. The van der Waals surface area contributed by atoms with E-state index in [1.807, 2.05) is 18.2 Å². The van der Waals surface area contributed by atoms with Crippen molar-refractivity contribution in [3.05, 3.63) is 58.7 Å². The van der Waals surface area contributed by atoms with Gasteiger partial charge in [-0.05, 0) is 42.5 Å². The second kappa shape index (κ2) is 4.63. The summed E-state index contributed by atoms with van der Waals surface area (Å²) in [5.74, 6) is 0. The first-order valence-electron chi connectivity index (χ1n) is 5.76. The highest BCUT2D eigenvalue weighted by molar-refractivity contribution is 9.10. The van der Waals surface area contributed by atoms with Crippen molar-refractivity contribution in [2.75, 3.05) is 0 Å². The minimum absolute atomic E-state index is 0.593. The monoisotopic (exact) mass is 340 g/mol. The maximum atomic E-state index is 12.5. The lowest BCUT2D eigenvalue weighted by Gasteiger charge is -2.08. The van der Waals surface area contributed by atoms with Gasteiger partial charge in [0.25, 0.3) is 0 Å². The summed E-state index contributed by atoms with van der Waals surface area (Å²) in [7, 11) is 0. The normalized spacial score (nSPS) is 12.0. The Hall–Kier alpha value is -1.82. The maximum absolute atomic E-state index is 12.5. The Morgan fingerprint density at radius 1 is 1.00 bits per heavy atom. The molecule has 3 aromatic rings. The summed E-state index contributed by atoms with van der Waals surface area (Å²) in [4.78, 5) is 0. The first-order chi connectivity index (χ1) is 9.45. The van der Waals surface area contributed by atoms with E-state index >= 15 is 0 Å². The molecule has 0 saturated carbocycles. The minimum Gasteiger partial charge on any atom is -0.233 e. The van der Waals surface area contributed by atoms with Gasteiger partial charge < -0.3 is 0 Å². The van der Waals surface area contributed by atoms with Crippen LogP contribution >= 0.6 is 15.9 Å². The highest BCUT2D eigenvalue weighted by Crippen LogP contribution is 2.30. The van der Waals surface area contributed by atoms with Crippen LogP contribution in [-0.2, 0) is 6.18 Å². The summed E-state index contributed by atoms with van der Waals surface area (Å²) in [6.07, 6.45) is -2.65. The van der Waals surface area contributed by atoms with Gasteiger partial charge in [0.05, 0.1) is 23.0 Å². The number of hydrogen-bond acceptors (Lipinski definition) is 1. The Balaban J connectivity index is 2.07. The van der Waals surface area contributed by atoms with Crippen molar-refractivity contribution in [3.63, 3.8) is 0 Å². The van der Waals surface area contributed by atoms with Crippen molar-refractivity contribution in [3.8, 4) is 5.69 Å². The third kappa shape index (κ3) is 2.31. The van der Waals surface area contributed by atoms with Gasteiger partial charge in [-0.25, -0.2) is 4.68 Å². The summed E-state index contributed by atoms with van der Waals surface area (Å²) < 4.78 is 40.1. The van der Waals surface area contributed by atoms with E-state index in [2.05, 4.69) is 21.0 Å². The average Bonchev–Trinajstić information content (AvgIpc) is 2.80. The van der Waals surface area contributed by atoms with Gasteiger partial charge >= 0.3 is 6.18 Å². The Kier molecular flexibility index (Phi) is 3.05. The van der Waals surface area contributed by atoms with Crippen molar-refractivity contribution < 1.29 is 13.2 Å². The smallest absolute Gasteiger partial charge is 0.233 e. The summed E-state index contributed by atoms with van der Waals surface area (Å²) in [5, 5.41) is 5.13. The number of aromatic nitrogens is 2. The second-order valence-corrected chi connectivity index (χ2v) is 5.22. The van der Waals surface area contributed by atoms with Crippen LogP contribution < -0.4 is 0 Å². The number of rotatable bonds is 1.